The lowest BCUT2D eigenvalue weighted by Crippen LogP contribution is -2.02. The van der Waals surface area contributed by atoms with E-state index in [0.717, 1.165) is 20.7 Å². The third-order valence-corrected chi connectivity index (χ3v) is 7.36. The van der Waals surface area contributed by atoms with Crippen molar-refractivity contribution < 1.29 is 9.52 Å². The number of hydrogen-bond acceptors (Lipinski definition) is 8. The van der Waals surface area contributed by atoms with E-state index < -0.39 is 5.63 Å². The number of para-hydroxylation sites is 1. The molecule has 0 radical (unpaired) electrons. The Labute approximate surface area is 207 Å². The third kappa shape index (κ3) is 4.35. The van der Waals surface area contributed by atoms with Crippen LogP contribution in [0.5, 0.6) is 5.75 Å². The zero-order chi connectivity index (χ0) is 23.8. The first-order valence-electron chi connectivity index (χ1n) is 10.3. The molecule has 5 aromatic rings. The molecular formula is C25H18ClN3O3S2. The molecule has 0 saturated heterocycles. The van der Waals surface area contributed by atoms with Crippen LogP contribution in [-0.4, -0.2) is 16.3 Å². The van der Waals surface area contributed by atoms with Crippen LogP contribution in [0.4, 0.5) is 5.13 Å². The van der Waals surface area contributed by atoms with Gasteiger partial charge in [0.1, 0.15) is 11.3 Å². The topological polar surface area (TPSA) is 87.7 Å². The van der Waals surface area contributed by atoms with Crippen LogP contribution < -0.4 is 11.1 Å². The van der Waals surface area contributed by atoms with Crippen LogP contribution in [0, 0.1) is 13.8 Å². The molecule has 2 N–H and O–H groups in total. The van der Waals surface area contributed by atoms with Gasteiger partial charge in [-0.1, -0.05) is 41.1 Å². The fourth-order valence-corrected chi connectivity index (χ4v) is 5.64. The minimum atomic E-state index is -0.424. The van der Waals surface area contributed by atoms with Gasteiger partial charge in [0.25, 0.3) is 0 Å². The highest BCUT2D eigenvalue weighted by Crippen LogP contribution is 2.41. The van der Waals surface area contributed by atoms with Crippen LogP contribution in [-0.2, 0) is 0 Å². The Balaban J connectivity index is 1.59. The van der Waals surface area contributed by atoms with Gasteiger partial charge in [0.15, 0.2) is 0 Å². The highest BCUT2D eigenvalue weighted by Gasteiger charge is 2.21. The predicted molar refractivity (Wildman–Crippen MR) is 141 cm³/mol. The van der Waals surface area contributed by atoms with Crippen LogP contribution in [0.2, 0.25) is 5.02 Å². The quantitative estimate of drug-likeness (QED) is 0.151. The number of aromatic nitrogens is 1. The molecule has 3 aromatic heterocycles. The van der Waals surface area contributed by atoms with Gasteiger partial charge in [0.2, 0.25) is 5.13 Å². The van der Waals surface area contributed by atoms with E-state index in [9.17, 15) is 9.90 Å². The van der Waals surface area contributed by atoms with Gasteiger partial charge in [0.05, 0.1) is 22.3 Å². The van der Waals surface area contributed by atoms with E-state index in [2.05, 4.69) is 16.6 Å². The normalized spacial score (nSPS) is 11.5. The lowest BCUT2D eigenvalue weighted by molar-refractivity contribution is 0.474. The van der Waals surface area contributed by atoms with Crippen LogP contribution in [0.1, 0.15) is 15.3 Å². The molecule has 6 nitrogen and oxygen atoms in total. The molecular weight excluding hydrogens is 490 g/mol. The number of thiophene rings is 1. The number of nitrogens with one attached hydrogen (secondary N) is 1. The molecule has 170 valence electrons. The molecule has 0 spiro atoms. The van der Waals surface area contributed by atoms with Crippen molar-refractivity contribution in [2.24, 2.45) is 5.10 Å². The number of rotatable bonds is 5. The molecule has 2 aromatic carbocycles. The second kappa shape index (κ2) is 9.06. The van der Waals surface area contributed by atoms with Crippen molar-refractivity contribution in [1.29, 1.82) is 0 Å². The SMILES string of the molecule is Cc1cc(-c2nc(NN=Cc3cc(Cl)ccc3O)sc2-c2cc3ccccc3oc2=O)c(C)s1. The number of phenols is 1. The van der Waals surface area contributed by atoms with E-state index >= 15 is 0 Å². The Kier molecular flexibility index (Phi) is 5.95. The molecule has 0 bridgehead atoms. The summed E-state index contributed by atoms with van der Waals surface area (Å²) in [6.07, 6.45) is 1.46. The van der Waals surface area contributed by atoms with Crippen molar-refractivity contribution in [3.63, 3.8) is 0 Å². The number of phenolic OH excluding ortho intramolecular Hbond substituents is 1. The monoisotopic (exact) mass is 507 g/mol. The number of halogens is 1. The van der Waals surface area contributed by atoms with Gasteiger partial charge in [-0.25, -0.2) is 9.78 Å². The Hall–Kier alpha value is -3.46. The van der Waals surface area contributed by atoms with E-state index in [-0.39, 0.29) is 5.75 Å². The maximum atomic E-state index is 12.9. The number of aryl methyl sites for hydroxylation is 2. The third-order valence-electron chi connectivity index (χ3n) is 5.16. The van der Waals surface area contributed by atoms with Gasteiger partial charge in [-0.3, -0.25) is 5.43 Å². The average molecular weight is 508 g/mol. The Morgan fingerprint density at radius 2 is 1.91 bits per heavy atom. The summed E-state index contributed by atoms with van der Waals surface area (Å²) in [5.74, 6) is 0.0635. The summed E-state index contributed by atoms with van der Waals surface area (Å²) >= 11 is 8.99. The minimum absolute atomic E-state index is 0.0635. The van der Waals surface area contributed by atoms with E-state index in [1.165, 1.54) is 23.6 Å². The molecule has 0 amide bonds. The maximum Gasteiger partial charge on any atom is 0.345 e. The lowest BCUT2D eigenvalue weighted by atomic mass is 10.1. The van der Waals surface area contributed by atoms with Gasteiger partial charge in [0, 0.05) is 31.3 Å². The number of nitrogens with zero attached hydrogens (tertiary/aromatic N) is 2. The number of fused-ring (bicyclic) bond motifs is 1. The number of aromatic hydroxyl groups is 1. The standard InChI is InChI=1S/C25H18ClN3O3S2/c1-13-9-18(14(2)33-13)22-23(19-11-15-5-3-4-6-21(15)32-24(19)31)34-25(28-22)29-27-12-16-10-17(26)7-8-20(16)30/h3-12,30H,1-2H3,(H,28,29). The lowest BCUT2D eigenvalue weighted by Gasteiger charge is -2.03. The molecule has 0 aliphatic carbocycles. The van der Waals surface area contributed by atoms with Crippen molar-refractivity contribution in [2.75, 3.05) is 5.43 Å². The van der Waals surface area contributed by atoms with Crippen molar-refractivity contribution in [1.82, 2.24) is 4.98 Å². The van der Waals surface area contributed by atoms with E-state index in [4.69, 9.17) is 21.0 Å². The summed E-state index contributed by atoms with van der Waals surface area (Å²) in [7, 11) is 0. The van der Waals surface area contributed by atoms with Gasteiger partial charge in [-0.05, 0) is 50.2 Å². The second-order valence-corrected chi connectivity index (χ2v) is 10.5. The molecule has 5 rings (SSSR count). The first kappa shape index (κ1) is 22.3. The summed E-state index contributed by atoms with van der Waals surface area (Å²) < 4.78 is 5.58. The highest BCUT2D eigenvalue weighted by atomic mass is 35.5. The fraction of sp³-hybridized carbons (Fsp3) is 0.0800. The summed E-state index contributed by atoms with van der Waals surface area (Å²) in [6, 6.07) is 16.0. The smallest absolute Gasteiger partial charge is 0.345 e. The maximum absolute atomic E-state index is 12.9. The van der Waals surface area contributed by atoms with Crippen LogP contribution >= 0.6 is 34.3 Å². The van der Waals surface area contributed by atoms with Crippen molar-refractivity contribution >= 4 is 56.6 Å². The van der Waals surface area contributed by atoms with Crippen LogP contribution in [0.3, 0.4) is 0 Å². The molecule has 0 aliphatic rings. The van der Waals surface area contributed by atoms with Gasteiger partial charge in [-0.15, -0.1) is 11.3 Å². The Bertz CT molecular complexity index is 1620. The van der Waals surface area contributed by atoms with E-state index in [1.807, 2.05) is 38.1 Å². The fourth-order valence-electron chi connectivity index (χ4n) is 3.61. The van der Waals surface area contributed by atoms with Crippen molar-refractivity contribution in [3.05, 3.63) is 85.4 Å². The van der Waals surface area contributed by atoms with Crippen molar-refractivity contribution in [3.8, 4) is 27.4 Å². The zero-order valence-electron chi connectivity index (χ0n) is 18.1. The summed E-state index contributed by atoms with van der Waals surface area (Å²) in [6.45, 7) is 4.07. The number of hydrazone groups is 1. The van der Waals surface area contributed by atoms with Crippen molar-refractivity contribution in [2.45, 2.75) is 13.8 Å². The summed E-state index contributed by atoms with van der Waals surface area (Å²) in [5, 5.41) is 16.0. The number of thiazole rings is 1. The van der Waals surface area contributed by atoms with Gasteiger partial charge < -0.3 is 9.52 Å². The largest absolute Gasteiger partial charge is 0.507 e. The summed E-state index contributed by atoms with van der Waals surface area (Å²) in [4.78, 5) is 20.6. The van der Waals surface area contributed by atoms with Crippen LogP contribution in [0.15, 0.2) is 68.9 Å². The second-order valence-electron chi connectivity index (χ2n) is 7.58. The molecule has 3 heterocycles. The Morgan fingerprint density at radius 3 is 2.71 bits per heavy atom. The molecule has 34 heavy (non-hydrogen) atoms. The Morgan fingerprint density at radius 1 is 1.09 bits per heavy atom. The van der Waals surface area contributed by atoms with Crippen LogP contribution in [0.25, 0.3) is 32.7 Å². The highest BCUT2D eigenvalue weighted by molar-refractivity contribution is 7.19. The minimum Gasteiger partial charge on any atom is -0.507 e. The summed E-state index contributed by atoms with van der Waals surface area (Å²) in [5.41, 5.74) is 5.60. The first-order valence-corrected chi connectivity index (χ1v) is 12.3. The van der Waals surface area contributed by atoms with E-state index in [0.29, 0.717) is 37.4 Å². The number of anilines is 1. The van der Waals surface area contributed by atoms with Gasteiger partial charge in [-0.2, -0.15) is 5.10 Å². The molecule has 0 saturated carbocycles. The zero-order valence-corrected chi connectivity index (χ0v) is 20.5. The first-order chi connectivity index (χ1) is 16.4. The number of hydrogen-bond donors (Lipinski definition) is 2. The molecule has 0 aliphatic heterocycles. The average Bonchev–Trinajstić information content (AvgIpc) is 3.37. The van der Waals surface area contributed by atoms with E-state index in [1.54, 1.807) is 29.5 Å². The molecule has 0 atom stereocenters. The van der Waals surface area contributed by atoms with Gasteiger partial charge >= 0.3 is 5.63 Å². The molecule has 0 fully saturated rings. The predicted octanol–water partition coefficient (Wildman–Crippen LogP) is 7.07. The number of benzene rings is 2. The molecule has 9 heteroatoms. The molecule has 0 unspecified atom stereocenters.